The number of hydrogen-bond acceptors (Lipinski definition) is 6. The molecule has 0 spiro atoms. The van der Waals surface area contributed by atoms with E-state index in [0.717, 1.165) is 18.1 Å². The van der Waals surface area contributed by atoms with E-state index in [4.69, 9.17) is 18.6 Å². The van der Waals surface area contributed by atoms with E-state index in [1.807, 2.05) is 43.3 Å². The van der Waals surface area contributed by atoms with Gasteiger partial charge in [0.05, 0.1) is 23.6 Å². The molecule has 182 valence electrons. The maximum Gasteiger partial charge on any atom is 0.291 e. The summed E-state index contributed by atoms with van der Waals surface area (Å²) in [4.78, 5) is 28.9. The first kappa shape index (κ1) is 22.2. The van der Waals surface area contributed by atoms with Gasteiger partial charge in [-0.15, -0.1) is 0 Å². The summed E-state index contributed by atoms with van der Waals surface area (Å²) in [5.41, 5.74) is 1.41. The smallest absolute Gasteiger partial charge is 0.291 e. The number of ether oxygens (including phenoxy) is 3. The van der Waals surface area contributed by atoms with Crippen molar-refractivity contribution in [2.75, 3.05) is 13.4 Å². The molecule has 2 aliphatic rings. The number of carbonyl (C=O) groups is 1. The fourth-order valence-electron chi connectivity index (χ4n) is 4.73. The summed E-state index contributed by atoms with van der Waals surface area (Å²) in [6.45, 7) is 2.88. The summed E-state index contributed by atoms with van der Waals surface area (Å²) in [5, 5.41) is 0.0925. The minimum absolute atomic E-state index is 0.0373. The molecule has 3 heterocycles. The molecule has 0 N–H and O–H groups in total. The zero-order valence-electron chi connectivity index (χ0n) is 19.5. The summed E-state index contributed by atoms with van der Waals surface area (Å²) in [7, 11) is 0. The summed E-state index contributed by atoms with van der Waals surface area (Å²) in [6, 6.07) is 15.7. The van der Waals surface area contributed by atoms with Gasteiger partial charge in [0.15, 0.2) is 16.9 Å². The molecule has 7 nitrogen and oxygen atoms in total. The lowest BCUT2D eigenvalue weighted by Crippen LogP contribution is -2.29. The molecule has 0 radical (unpaired) electrons. The van der Waals surface area contributed by atoms with E-state index in [2.05, 4.69) is 0 Å². The molecular formula is C28H22FNO6. The van der Waals surface area contributed by atoms with Crippen LogP contribution in [-0.4, -0.2) is 24.2 Å². The number of nitrogens with zero attached hydrogens (tertiary/aromatic N) is 1. The van der Waals surface area contributed by atoms with Gasteiger partial charge >= 0.3 is 0 Å². The van der Waals surface area contributed by atoms with Crippen molar-refractivity contribution in [2.24, 2.45) is 0 Å². The van der Waals surface area contributed by atoms with Crippen molar-refractivity contribution in [3.05, 3.63) is 99.2 Å². The molecule has 2 aliphatic heterocycles. The Labute approximate surface area is 205 Å². The number of rotatable bonds is 6. The van der Waals surface area contributed by atoms with E-state index < -0.39 is 23.2 Å². The number of carbonyl (C=O) groups excluding carboxylic acids is 1. The average Bonchev–Trinajstić information content (AvgIpc) is 3.46. The van der Waals surface area contributed by atoms with Gasteiger partial charge < -0.3 is 23.5 Å². The molecule has 1 atom stereocenters. The van der Waals surface area contributed by atoms with Crippen LogP contribution in [0, 0.1) is 5.82 Å². The van der Waals surface area contributed by atoms with Crippen LogP contribution in [0.5, 0.6) is 17.2 Å². The lowest BCUT2D eigenvalue weighted by molar-refractivity contribution is 0.0714. The first-order chi connectivity index (χ1) is 17.5. The second-order valence-corrected chi connectivity index (χ2v) is 8.76. The summed E-state index contributed by atoms with van der Waals surface area (Å²) >= 11 is 0. The normalized spacial score (nSPS) is 16.0. The van der Waals surface area contributed by atoms with Gasteiger partial charge in [0.1, 0.15) is 17.1 Å². The van der Waals surface area contributed by atoms with Gasteiger partial charge in [0.25, 0.3) is 5.91 Å². The van der Waals surface area contributed by atoms with Crippen molar-refractivity contribution in [2.45, 2.75) is 25.9 Å². The van der Waals surface area contributed by atoms with Crippen molar-refractivity contribution in [3.63, 3.8) is 0 Å². The minimum atomic E-state index is -0.744. The highest BCUT2D eigenvalue weighted by atomic mass is 19.1. The van der Waals surface area contributed by atoms with E-state index in [-0.39, 0.29) is 35.6 Å². The summed E-state index contributed by atoms with van der Waals surface area (Å²) < 4.78 is 36.6. The quantitative estimate of drug-likeness (QED) is 0.372. The Kier molecular flexibility index (Phi) is 5.36. The minimum Gasteiger partial charge on any atom is -0.494 e. The second-order valence-electron chi connectivity index (χ2n) is 8.76. The van der Waals surface area contributed by atoms with Crippen LogP contribution in [0.4, 0.5) is 4.39 Å². The largest absolute Gasteiger partial charge is 0.494 e. The molecule has 4 aromatic rings. The Hall–Kier alpha value is -4.33. The zero-order chi connectivity index (χ0) is 24.8. The third-order valence-electron chi connectivity index (χ3n) is 6.36. The molecule has 1 amide bonds. The predicted molar refractivity (Wildman–Crippen MR) is 129 cm³/mol. The topological polar surface area (TPSA) is 78.2 Å². The second kappa shape index (κ2) is 8.71. The molecule has 1 aromatic heterocycles. The molecule has 0 bridgehead atoms. The molecule has 0 saturated carbocycles. The van der Waals surface area contributed by atoms with Gasteiger partial charge in [0, 0.05) is 6.54 Å². The number of amides is 1. The van der Waals surface area contributed by atoms with Gasteiger partial charge in [-0.25, -0.2) is 4.39 Å². The van der Waals surface area contributed by atoms with Gasteiger partial charge in [0.2, 0.25) is 12.6 Å². The maximum absolute atomic E-state index is 14.0. The monoisotopic (exact) mass is 487 g/mol. The molecular weight excluding hydrogens is 465 g/mol. The lowest BCUT2D eigenvalue weighted by atomic mass is 9.98. The number of hydrogen-bond donors (Lipinski definition) is 0. The molecule has 6 rings (SSSR count). The van der Waals surface area contributed by atoms with Crippen LogP contribution in [0.15, 0.2) is 69.9 Å². The van der Waals surface area contributed by atoms with E-state index in [9.17, 15) is 14.0 Å². The van der Waals surface area contributed by atoms with Crippen molar-refractivity contribution >= 4 is 16.9 Å². The first-order valence-corrected chi connectivity index (χ1v) is 11.7. The highest BCUT2D eigenvalue weighted by Crippen LogP contribution is 2.41. The van der Waals surface area contributed by atoms with Crippen molar-refractivity contribution in [1.29, 1.82) is 0 Å². The maximum atomic E-state index is 14.0. The molecule has 0 aliphatic carbocycles. The van der Waals surface area contributed by atoms with Crippen LogP contribution < -0.4 is 19.6 Å². The number of fused-ring (bicyclic) bond motifs is 3. The summed E-state index contributed by atoms with van der Waals surface area (Å²) in [6.07, 6.45) is 0.840. The van der Waals surface area contributed by atoms with Gasteiger partial charge in [-0.05, 0) is 60.0 Å². The predicted octanol–water partition coefficient (Wildman–Crippen LogP) is 5.20. The highest BCUT2D eigenvalue weighted by Gasteiger charge is 2.43. The Bertz CT molecular complexity index is 1560. The van der Waals surface area contributed by atoms with Crippen LogP contribution in [0.25, 0.3) is 11.0 Å². The van der Waals surface area contributed by atoms with Gasteiger partial charge in [-0.3, -0.25) is 9.59 Å². The molecule has 3 aromatic carbocycles. The standard InChI is InChI=1S/C28H22FNO6/c1-2-10-33-19-5-3-4-17(12-19)25-24-26(31)20-13-18(29)7-9-21(20)36-27(24)28(32)30(25)14-16-6-8-22-23(11-16)35-15-34-22/h3-9,11-13,25H,2,10,14-15H2,1H3/t25-/m1/s1. The molecule has 36 heavy (non-hydrogen) atoms. The summed E-state index contributed by atoms with van der Waals surface area (Å²) in [5.74, 6) is 0.855. The van der Waals surface area contributed by atoms with Crippen LogP contribution in [0.2, 0.25) is 0 Å². The van der Waals surface area contributed by atoms with Crippen molar-refractivity contribution in [1.82, 2.24) is 4.90 Å². The molecule has 0 fully saturated rings. The van der Waals surface area contributed by atoms with Crippen LogP contribution >= 0.6 is 0 Å². The van der Waals surface area contributed by atoms with Crippen molar-refractivity contribution < 1.29 is 27.8 Å². The lowest BCUT2D eigenvalue weighted by Gasteiger charge is -2.25. The Morgan fingerprint density at radius 2 is 1.89 bits per heavy atom. The SMILES string of the molecule is CCCOc1cccc([C@@H]2c3c(oc4ccc(F)cc4c3=O)C(=O)N2Cc2ccc3c(c2)OCO3)c1. The Morgan fingerprint density at radius 1 is 1.03 bits per heavy atom. The third kappa shape index (κ3) is 3.66. The average molecular weight is 487 g/mol. The molecule has 0 unspecified atom stereocenters. The number of halogens is 1. The van der Waals surface area contributed by atoms with Crippen LogP contribution in [-0.2, 0) is 6.54 Å². The van der Waals surface area contributed by atoms with Gasteiger partial charge in [-0.2, -0.15) is 0 Å². The van der Waals surface area contributed by atoms with E-state index in [0.29, 0.717) is 29.4 Å². The van der Waals surface area contributed by atoms with Crippen LogP contribution in [0.1, 0.15) is 46.6 Å². The van der Waals surface area contributed by atoms with Gasteiger partial charge in [-0.1, -0.05) is 25.1 Å². The number of benzene rings is 3. The third-order valence-corrected chi connectivity index (χ3v) is 6.36. The Morgan fingerprint density at radius 3 is 2.75 bits per heavy atom. The Balaban J connectivity index is 1.50. The van der Waals surface area contributed by atoms with E-state index in [1.54, 1.807) is 11.0 Å². The first-order valence-electron chi connectivity index (χ1n) is 11.7. The fourth-order valence-corrected chi connectivity index (χ4v) is 4.73. The van der Waals surface area contributed by atoms with Crippen LogP contribution in [0.3, 0.4) is 0 Å². The molecule has 8 heteroatoms. The van der Waals surface area contributed by atoms with E-state index in [1.165, 1.54) is 12.1 Å². The van der Waals surface area contributed by atoms with Crippen molar-refractivity contribution in [3.8, 4) is 17.2 Å². The van der Waals surface area contributed by atoms with E-state index >= 15 is 0 Å². The zero-order valence-corrected chi connectivity index (χ0v) is 19.5. The molecule has 0 saturated heterocycles. The fraction of sp³-hybridized carbons (Fsp3) is 0.214. The highest BCUT2D eigenvalue weighted by molar-refractivity contribution is 5.99.